The van der Waals surface area contributed by atoms with Gasteiger partial charge in [0.25, 0.3) is 0 Å². The lowest BCUT2D eigenvalue weighted by atomic mass is 10.0. The Morgan fingerprint density at radius 3 is 1.95 bits per heavy atom. The summed E-state index contributed by atoms with van der Waals surface area (Å²) < 4.78 is 0. The first-order valence-electron chi connectivity index (χ1n) is 6.67. The highest BCUT2D eigenvalue weighted by molar-refractivity contribution is 7.99. The molecule has 1 radical (unpaired) electrons. The Balaban J connectivity index is 1.77. The van der Waals surface area contributed by atoms with Gasteiger partial charge in [0.1, 0.15) is 0 Å². The summed E-state index contributed by atoms with van der Waals surface area (Å²) in [4.78, 5) is 14.6. The summed E-state index contributed by atoms with van der Waals surface area (Å²) in [5.74, 6) is 0.0569. The van der Waals surface area contributed by atoms with Crippen LogP contribution in [0.25, 0.3) is 0 Å². The minimum absolute atomic E-state index is 0.0569. The lowest BCUT2D eigenvalue weighted by molar-refractivity contribution is 0.103. The third-order valence-corrected chi connectivity index (χ3v) is 4.09. The molecule has 0 spiro atoms. The Morgan fingerprint density at radius 1 is 0.714 bits per heavy atom. The molecule has 0 aromatic heterocycles. The standard InChI is InChI=1S/C19H13OS/c20-19(15-7-3-1-4-8-15)16-11-13-18(14-12-16)21-17-9-5-2-6-10-17/h1,3-14H. The zero-order valence-corrected chi connectivity index (χ0v) is 12.1. The molecule has 0 saturated carbocycles. The van der Waals surface area contributed by atoms with Gasteiger partial charge in [0.05, 0.1) is 0 Å². The average Bonchev–Trinajstić information content (AvgIpc) is 2.57. The van der Waals surface area contributed by atoms with Crippen LogP contribution in [-0.2, 0) is 0 Å². The average molecular weight is 289 g/mol. The van der Waals surface area contributed by atoms with E-state index in [1.807, 2.05) is 78.9 Å². The molecule has 2 heteroatoms. The Bertz CT molecular complexity index is 719. The summed E-state index contributed by atoms with van der Waals surface area (Å²) in [6, 6.07) is 27.9. The molecular formula is C19H13OS. The molecule has 0 atom stereocenters. The van der Waals surface area contributed by atoms with Gasteiger partial charge in [-0.2, -0.15) is 0 Å². The van der Waals surface area contributed by atoms with Gasteiger partial charge in [-0.15, -0.1) is 0 Å². The molecule has 0 amide bonds. The molecule has 0 aliphatic heterocycles. The minimum atomic E-state index is 0.0569. The maximum atomic E-state index is 12.3. The molecule has 0 aliphatic rings. The van der Waals surface area contributed by atoms with Crippen molar-refractivity contribution in [3.05, 3.63) is 96.1 Å². The molecule has 0 bridgehead atoms. The van der Waals surface area contributed by atoms with Gasteiger partial charge in [0.15, 0.2) is 5.78 Å². The Labute approximate surface area is 128 Å². The molecule has 0 saturated heterocycles. The molecular weight excluding hydrogens is 276 g/mol. The van der Waals surface area contributed by atoms with Crippen LogP contribution in [0.5, 0.6) is 0 Å². The van der Waals surface area contributed by atoms with Gasteiger partial charge in [-0.05, 0) is 42.5 Å². The smallest absolute Gasteiger partial charge is 0.193 e. The first-order chi connectivity index (χ1) is 10.3. The van der Waals surface area contributed by atoms with E-state index in [9.17, 15) is 4.79 Å². The summed E-state index contributed by atoms with van der Waals surface area (Å²) in [5.41, 5.74) is 1.43. The molecule has 0 N–H and O–H groups in total. The molecule has 0 fully saturated rings. The lowest BCUT2D eigenvalue weighted by Gasteiger charge is -2.04. The van der Waals surface area contributed by atoms with E-state index < -0.39 is 0 Å². The maximum Gasteiger partial charge on any atom is 0.193 e. The van der Waals surface area contributed by atoms with Gasteiger partial charge >= 0.3 is 0 Å². The van der Waals surface area contributed by atoms with Gasteiger partial charge in [0, 0.05) is 20.9 Å². The quantitative estimate of drug-likeness (QED) is 0.637. The molecule has 3 aromatic carbocycles. The fraction of sp³-hybridized carbons (Fsp3) is 0. The predicted molar refractivity (Wildman–Crippen MR) is 85.7 cm³/mol. The molecule has 0 unspecified atom stereocenters. The maximum absolute atomic E-state index is 12.3. The van der Waals surface area contributed by atoms with E-state index in [2.05, 4.69) is 6.07 Å². The number of benzene rings is 3. The second-order valence-electron chi connectivity index (χ2n) is 4.56. The molecule has 0 aliphatic carbocycles. The first-order valence-corrected chi connectivity index (χ1v) is 7.48. The SMILES string of the molecule is O=C(c1ccccc1)c1ccc(Sc2cc[c]cc2)cc1. The van der Waals surface area contributed by atoms with Crippen molar-refractivity contribution in [3.63, 3.8) is 0 Å². The van der Waals surface area contributed by atoms with E-state index in [0.29, 0.717) is 5.56 Å². The fourth-order valence-corrected chi connectivity index (χ4v) is 2.82. The van der Waals surface area contributed by atoms with Crippen LogP contribution < -0.4 is 0 Å². The summed E-state index contributed by atoms with van der Waals surface area (Å²) in [6.45, 7) is 0. The number of ketones is 1. The summed E-state index contributed by atoms with van der Waals surface area (Å²) in [5, 5.41) is 0. The number of rotatable bonds is 4. The molecule has 3 rings (SSSR count). The van der Waals surface area contributed by atoms with E-state index in [1.54, 1.807) is 11.8 Å². The van der Waals surface area contributed by atoms with Crippen LogP contribution in [-0.4, -0.2) is 5.78 Å². The number of carbonyl (C=O) groups is 1. The van der Waals surface area contributed by atoms with Crippen molar-refractivity contribution in [2.24, 2.45) is 0 Å². The summed E-state index contributed by atoms with van der Waals surface area (Å²) in [7, 11) is 0. The van der Waals surface area contributed by atoms with Crippen molar-refractivity contribution in [2.75, 3.05) is 0 Å². The van der Waals surface area contributed by atoms with Crippen LogP contribution in [0.2, 0.25) is 0 Å². The highest BCUT2D eigenvalue weighted by Gasteiger charge is 2.08. The van der Waals surface area contributed by atoms with Crippen molar-refractivity contribution in [2.45, 2.75) is 9.79 Å². The second-order valence-corrected chi connectivity index (χ2v) is 5.70. The second kappa shape index (κ2) is 6.42. The normalized spacial score (nSPS) is 10.3. The van der Waals surface area contributed by atoms with Crippen LogP contribution in [0.15, 0.2) is 88.7 Å². The van der Waals surface area contributed by atoms with E-state index >= 15 is 0 Å². The van der Waals surface area contributed by atoms with Gasteiger partial charge in [-0.25, -0.2) is 0 Å². The van der Waals surface area contributed by atoms with Crippen molar-refractivity contribution in [3.8, 4) is 0 Å². The number of hydrogen-bond donors (Lipinski definition) is 0. The van der Waals surface area contributed by atoms with Crippen LogP contribution in [0, 0.1) is 6.07 Å². The molecule has 0 heterocycles. The zero-order valence-electron chi connectivity index (χ0n) is 11.3. The molecule has 21 heavy (non-hydrogen) atoms. The van der Waals surface area contributed by atoms with Crippen LogP contribution in [0.4, 0.5) is 0 Å². The Hall–Kier alpha value is -2.32. The molecule has 1 nitrogen and oxygen atoms in total. The van der Waals surface area contributed by atoms with E-state index in [0.717, 1.165) is 15.4 Å². The number of hydrogen-bond acceptors (Lipinski definition) is 2. The monoisotopic (exact) mass is 289 g/mol. The van der Waals surface area contributed by atoms with E-state index in [1.165, 1.54) is 0 Å². The van der Waals surface area contributed by atoms with Crippen molar-refractivity contribution in [1.82, 2.24) is 0 Å². The number of carbonyl (C=O) groups excluding carboxylic acids is 1. The molecule has 101 valence electrons. The minimum Gasteiger partial charge on any atom is -0.289 e. The third kappa shape index (κ3) is 3.41. The highest BCUT2D eigenvalue weighted by Crippen LogP contribution is 2.27. The van der Waals surface area contributed by atoms with E-state index in [-0.39, 0.29) is 5.78 Å². The first kappa shape index (κ1) is 13.7. The Morgan fingerprint density at radius 2 is 1.29 bits per heavy atom. The lowest BCUT2D eigenvalue weighted by Crippen LogP contribution is -2.00. The topological polar surface area (TPSA) is 17.1 Å². The van der Waals surface area contributed by atoms with Crippen molar-refractivity contribution in [1.29, 1.82) is 0 Å². The van der Waals surface area contributed by atoms with Gasteiger partial charge < -0.3 is 0 Å². The largest absolute Gasteiger partial charge is 0.289 e. The van der Waals surface area contributed by atoms with Gasteiger partial charge in [0.2, 0.25) is 0 Å². The zero-order chi connectivity index (χ0) is 14.5. The Kier molecular flexibility index (Phi) is 4.17. The summed E-state index contributed by atoms with van der Waals surface area (Å²) in [6.07, 6.45) is 0. The van der Waals surface area contributed by atoms with Crippen LogP contribution in [0.1, 0.15) is 15.9 Å². The highest BCUT2D eigenvalue weighted by atomic mass is 32.2. The van der Waals surface area contributed by atoms with Crippen molar-refractivity contribution < 1.29 is 4.79 Å². The summed E-state index contributed by atoms with van der Waals surface area (Å²) >= 11 is 1.67. The van der Waals surface area contributed by atoms with Gasteiger partial charge in [-0.1, -0.05) is 54.2 Å². The van der Waals surface area contributed by atoms with Crippen LogP contribution >= 0.6 is 11.8 Å². The van der Waals surface area contributed by atoms with Crippen molar-refractivity contribution >= 4 is 17.5 Å². The van der Waals surface area contributed by atoms with Gasteiger partial charge in [-0.3, -0.25) is 4.79 Å². The predicted octanol–water partition coefficient (Wildman–Crippen LogP) is 4.87. The van der Waals surface area contributed by atoms with Crippen LogP contribution in [0.3, 0.4) is 0 Å². The fourth-order valence-electron chi connectivity index (χ4n) is 2.01. The molecule has 3 aromatic rings. The van der Waals surface area contributed by atoms with E-state index in [4.69, 9.17) is 0 Å². The third-order valence-electron chi connectivity index (χ3n) is 3.08.